The molecule has 31 heavy (non-hydrogen) atoms. The van der Waals surface area contributed by atoms with Crippen molar-refractivity contribution in [3.8, 4) is 5.75 Å². The van der Waals surface area contributed by atoms with Crippen molar-refractivity contribution < 1.29 is 14.3 Å². The first-order chi connectivity index (χ1) is 15.2. The van der Waals surface area contributed by atoms with Crippen LogP contribution in [0, 0.1) is 0 Å². The van der Waals surface area contributed by atoms with E-state index in [4.69, 9.17) is 4.74 Å². The number of nitrogens with one attached hydrogen (secondary N) is 2. The van der Waals surface area contributed by atoms with Crippen molar-refractivity contribution in [2.45, 2.75) is 6.61 Å². The Bertz CT molecular complexity index is 1160. The van der Waals surface area contributed by atoms with Crippen LogP contribution in [0.3, 0.4) is 0 Å². The number of rotatable bonds is 7. The number of amides is 2. The largest absolute Gasteiger partial charge is 0.489 e. The summed E-state index contributed by atoms with van der Waals surface area (Å²) in [6, 6.07) is 21.3. The molecule has 0 aliphatic carbocycles. The number of anilines is 2. The number of aromatic nitrogens is 1. The highest BCUT2D eigenvalue weighted by molar-refractivity contribution is 7.12. The van der Waals surface area contributed by atoms with Gasteiger partial charge in [-0.2, -0.15) is 0 Å². The van der Waals surface area contributed by atoms with Gasteiger partial charge in [0.2, 0.25) is 0 Å². The smallest absolute Gasteiger partial charge is 0.265 e. The van der Waals surface area contributed by atoms with Gasteiger partial charge in [-0.3, -0.25) is 14.6 Å². The quantitative estimate of drug-likeness (QED) is 0.422. The lowest BCUT2D eigenvalue weighted by molar-refractivity contribution is 0.102. The van der Waals surface area contributed by atoms with Crippen LogP contribution in [0.2, 0.25) is 0 Å². The van der Waals surface area contributed by atoms with E-state index in [1.807, 2.05) is 23.6 Å². The number of hydrogen-bond donors (Lipinski definition) is 2. The van der Waals surface area contributed by atoms with Gasteiger partial charge in [-0.05, 0) is 60.0 Å². The van der Waals surface area contributed by atoms with Crippen molar-refractivity contribution in [3.63, 3.8) is 0 Å². The molecule has 2 N–H and O–H groups in total. The molecule has 0 spiro atoms. The minimum absolute atomic E-state index is 0.180. The van der Waals surface area contributed by atoms with Gasteiger partial charge in [-0.15, -0.1) is 11.3 Å². The van der Waals surface area contributed by atoms with Crippen molar-refractivity contribution in [1.29, 1.82) is 0 Å². The van der Waals surface area contributed by atoms with Crippen LogP contribution < -0.4 is 15.4 Å². The summed E-state index contributed by atoms with van der Waals surface area (Å²) in [6.45, 7) is 0.406. The molecule has 0 atom stereocenters. The third kappa shape index (κ3) is 5.55. The predicted molar refractivity (Wildman–Crippen MR) is 122 cm³/mol. The zero-order valence-corrected chi connectivity index (χ0v) is 17.3. The normalized spacial score (nSPS) is 10.3. The van der Waals surface area contributed by atoms with Crippen LogP contribution in [0.1, 0.15) is 25.6 Å². The number of pyridine rings is 1. The summed E-state index contributed by atoms with van der Waals surface area (Å²) in [4.78, 5) is 29.5. The minimum atomic E-state index is -0.249. The number of carbonyl (C=O) groups excluding carboxylic acids is 2. The fourth-order valence-corrected chi connectivity index (χ4v) is 3.45. The molecule has 6 nitrogen and oxygen atoms in total. The molecule has 7 heteroatoms. The topological polar surface area (TPSA) is 80.3 Å². The predicted octanol–water partition coefficient (Wildman–Crippen LogP) is 5.23. The summed E-state index contributed by atoms with van der Waals surface area (Å²) >= 11 is 1.37. The van der Waals surface area contributed by atoms with E-state index in [1.54, 1.807) is 67.0 Å². The molecule has 4 rings (SSSR count). The maximum atomic E-state index is 12.6. The fraction of sp³-hybridized carbons (Fsp3) is 0.0417. The van der Waals surface area contributed by atoms with E-state index < -0.39 is 0 Å². The van der Waals surface area contributed by atoms with Gasteiger partial charge in [0.05, 0.1) is 4.88 Å². The summed E-state index contributed by atoms with van der Waals surface area (Å²) in [7, 11) is 0. The van der Waals surface area contributed by atoms with Gasteiger partial charge in [0, 0.05) is 34.9 Å². The van der Waals surface area contributed by atoms with Crippen LogP contribution in [0.25, 0.3) is 0 Å². The standard InChI is InChI=1S/C24H19N3O3S/c28-23(18-8-10-21(11-9-18)30-16-17-4-2-12-25-15-17)26-19-5-1-6-20(14-19)27-24(29)22-7-3-13-31-22/h1-15H,16H2,(H,26,28)(H,27,29). The van der Waals surface area contributed by atoms with Gasteiger partial charge in [0.25, 0.3) is 11.8 Å². The Labute approximate surface area is 183 Å². The number of ether oxygens (including phenoxy) is 1. The van der Waals surface area contributed by atoms with Crippen LogP contribution in [0.15, 0.2) is 90.6 Å². The van der Waals surface area contributed by atoms with Gasteiger partial charge in [-0.1, -0.05) is 18.2 Å². The molecular weight excluding hydrogens is 410 g/mol. The van der Waals surface area contributed by atoms with Crippen LogP contribution in [-0.4, -0.2) is 16.8 Å². The highest BCUT2D eigenvalue weighted by Gasteiger charge is 2.09. The van der Waals surface area contributed by atoms with Gasteiger partial charge >= 0.3 is 0 Å². The number of thiophene rings is 1. The lowest BCUT2D eigenvalue weighted by Crippen LogP contribution is -2.13. The molecule has 0 unspecified atom stereocenters. The average Bonchev–Trinajstić information content (AvgIpc) is 3.34. The molecule has 154 valence electrons. The van der Waals surface area contributed by atoms with Crippen molar-refractivity contribution >= 4 is 34.5 Å². The average molecular weight is 430 g/mol. The van der Waals surface area contributed by atoms with E-state index in [1.165, 1.54) is 11.3 Å². The molecule has 0 fully saturated rings. The molecular formula is C24H19N3O3S. The lowest BCUT2D eigenvalue weighted by Gasteiger charge is -2.09. The molecule has 2 aromatic heterocycles. The molecule has 2 aromatic carbocycles. The van der Waals surface area contributed by atoms with Crippen LogP contribution in [-0.2, 0) is 6.61 Å². The minimum Gasteiger partial charge on any atom is -0.489 e. The second-order valence-corrected chi connectivity index (χ2v) is 7.59. The molecule has 2 amide bonds. The zero-order valence-electron chi connectivity index (χ0n) is 16.4. The highest BCUT2D eigenvalue weighted by atomic mass is 32.1. The first kappa shape index (κ1) is 20.3. The molecule has 0 aliphatic heterocycles. The first-order valence-electron chi connectivity index (χ1n) is 9.55. The van der Waals surface area contributed by atoms with Crippen molar-refractivity contribution in [2.75, 3.05) is 10.6 Å². The summed E-state index contributed by atoms with van der Waals surface area (Å²) in [5, 5.41) is 7.53. The monoisotopic (exact) mass is 429 g/mol. The second kappa shape index (κ2) is 9.69. The maximum absolute atomic E-state index is 12.6. The number of carbonyl (C=O) groups is 2. The van der Waals surface area contributed by atoms with Gasteiger partial charge in [0.1, 0.15) is 12.4 Å². The van der Waals surface area contributed by atoms with E-state index in [0.29, 0.717) is 34.2 Å². The Balaban J connectivity index is 1.35. The second-order valence-electron chi connectivity index (χ2n) is 6.64. The maximum Gasteiger partial charge on any atom is 0.265 e. The number of benzene rings is 2. The van der Waals surface area contributed by atoms with Crippen molar-refractivity contribution in [2.24, 2.45) is 0 Å². The lowest BCUT2D eigenvalue weighted by atomic mass is 10.2. The summed E-state index contributed by atoms with van der Waals surface area (Å²) in [6.07, 6.45) is 3.46. The third-order valence-corrected chi connectivity index (χ3v) is 5.24. The van der Waals surface area contributed by atoms with E-state index in [9.17, 15) is 9.59 Å². The molecule has 0 aliphatic rings. The van der Waals surface area contributed by atoms with Gasteiger partial charge in [0.15, 0.2) is 0 Å². The summed E-state index contributed by atoms with van der Waals surface area (Å²) < 4.78 is 5.72. The van der Waals surface area contributed by atoms with Crippen LogP contribution in [0.5, 0.6) is 5.75 Å². The zero-order chi connectivity index (χ0) is 21.5. The summed E-state index contributed by atoms with van der Waals surface area (Å²) in [5.41, 5.74) is 2.67. The SMILES string of the molecule is O=C(Nc1cccc(NC(=O)c2cccs2)c1)c1ccc(OCc2cccnc2)cc1. The van der Waals surface area contributed by atoms with Crippen LogP contribution in [0.4, 0.5) is 11.4 Å². The van der Waals surface area contributed by atoms with Crippen molar-refractivity contribution in [1.82, 2.24) is 4.98 Å². The fourth-order valence-electron chi connectivity index (χ4n) is 2.83. The van der Waals surface area contributed by atoms with Gasteiger partial charge in [-0.25, -0.2) is 0 Å². The molecule has 2 heterocycles. The van der Waals surface area contributed by atoms with E-state index >= 15 is 0 Å². The first-order valence-corrected chi connectivity index (χ1v) is 10.4. The molecule has 0 radical (unpaired) electrons. The Morgan fingerprint density at radius 3 is 2.32 bits per heavy atom. The Morgan fingerprint density at radius 1 is 0.871 bits per heavy atom. The van der Waals surface area contributed by atoms with Gasteiger partial charge < -0.3 is 15.4 Å². The van der Waals surface area contributed by atoms with E-state index in [0.717, 1.165) is 5.56 Å². The van der Waals surface area contributed by atoms with Crippen molar-refractivity contribution in [3.05, 3.63) is 107 Å². The third-order valence-electron chi connectivity index (χ3n) is 4.37. The highest BCUT2D eigenvalue weighted by Crippen LogP contribution is 2.19. The molecule has 0 saturated heterocycles. The molecule has 4 aromatic rings. The molecule has 0 saturated carbocycles. The number of nitrogens with zero attached hydrogens (tertiary/aromatic N) is 1. The Hall–Kier alpha value is -3.97. The number of hydrogen-bond acceptors (Lipinski definition) is 5. The van der Waals surface area contributed by atoms with E-state index in [-0.39, 0.29) is 11.8 Å². The Kier molecular flexibility index (Phi) is 6.35. The van der Waals surface area contributed by atoms with Crippen LogP contribution >= 0.6 is 11.3 Å². The summed E-state index contributed by atoms with van der Waals surface area (Å²) in [5.74, 6) is 0.236. The molecule has 0 bridgehead atoms. The van der Waals surface area contributed by atoms with E-state index in [2.05, 4.69) is 15.6 Å². The Morgan fingerprint density at radius 2 is 1.65 bits per heavy atom.